The van der Waals surface area contributed by atoms with Gasteiger partial charge in [-0.15, -0.1) is 0 Å². The lowest BCUT2D eigenvalue weighted by atomic mass is 10.2. The van der Waals surface area contributed by atoms with Crippen molar-refractivity contribution in [3.05, 3.63) is 35.9 Å². The summed E-state index contributed by atoms with van der Waals surface area (Å²) in [6.07, 6.45) is 0.0286. The Morgan fingerprint density at radius 1 is 1.37 bits per heavy atom. The molecule has 5 nitrogen and oxygen atoms in total. The average Bonchev–Trinajstić information content (AvgIpc) is 2.38. The molecule has 0 bridgehead atoms. The van der Waals surface area contributed by atoms with Crippen molar-refractivity contribution in [2.24, 2.45) is 5.92 Å². The Morgan fingerprint density at radius 2 is 1.95 bits per heavy atom. The number of esters is 1. The molecule has 0 radical (unpaired) electrons. The molecule has 1 aromatic carbocycles. The van der Waals surface area contributed by atoms with Crippen LogP contribution < -0.4 is 0 Å². The molecule has 0 fully saturated rings. The first-order valence-corrected chi connectivity index (χ1v) is 7.78. The Kier molecular flexibility index (Phi) is 5.60. The molecular weight excluding hydrogens is 265 g/mol. The molecular formula is C13H19NO4P+. The van der Waals surface area contributed by atoms with E-state index in [0.29, 0.717) is 0 Å². The van der Waals surface area contributed by atoms with Gasteiger partial charge in [0.2, 0.25) is 5.45 Å². The predicted molar refractivity (Wildman–Crippen MR) is 75.3 cm³/mol. The van der Waals surface area contributed by atoms with E-state index in [2.05, 4.69) is 4.74 Å². The molecule has 1 atom stereocenters. The molecule has 0 aromatic heterocycles. The van der Waals surface area contributed by atoms with Crippen LogP contribution in [0.4, 0.5) is 0 Å². The molecule has 1 rings (SSSR count). The minimum atomic E-state index is -3.54. The van der Waals surface area contributed by atoms with Crippen LogP contribution in [0.25, 0.3) is 0 Å². The van der Waals surface area contributed by atoms with Gasteiger partial charge in [0.1, 0.15) is 6.16 Å². The zero-order valence-electron chi connectivity index (χ0n) is 11.0. The van der Waals surface area contributed by atoms with Crippen LogP contribution in [0, 0.1) is 11.3 Å². The molecule has 19 heavy (non-hydrogen) atoms. The van der Waals surface area contributed by atoms with Crippen molar-refractivity contribution < 1.29 is 19.3 Å². The van der Waals surface area contributed by atoms with E-state index < -0.39 is 19.6 Å². The Hall–Kier alpha value is -1.29. The highest BCUT2D eigenvalue weighted by molar-refractivity contribution is 7.81. The van der Waals surface area contributed by atoms with Crippen molar-refractivity contribution in [3.8, 4) is 0 Å². The summed E-state index contributed by atoms with van der Waals surface area (Å²) in [4.78, 5) is 31.3. The SMILES string of the molecule is COC(=O)C(C)C[P+](O)(O)C(=N)Cc1ccccc1. The molecule has 6 heteroatoms. The Balaban J connectivity index is 2.66. The standard InChI is InChI=1S/C13H19NO4P/c1-10(13(15)18-2)9-19(16,17)12(14)8-11-6-4-3-5-7-11/h3-7,10,14,16-17H,8-9H2,1-2H3/q+1. The third-order valence-electron chi connectivity index (χ3n) is 2.78. The van der Waals surface area contributed by atoms with Crippen LogP contribution in [0.5, 0.6) is 0 Å². The van der Waals surface area contributed by atoms with Crippen LogP contribution in [-0.4, -0.2) is 34.5 Å². The average molecular weight is 284 g/mol. The normalized spacial score (nSPS) is 12.8. The van der Waals surface area contributed by atoms with E-state index in [4.69, 9.17) is 5.41 Å². The van der Waals surface area contributed by atoms with Crippen LogP contribution >= 0.6 is 7.72 Å². The second-order valence-electron chi connectivity index (χ2n) is 4.45. The fourth-order valence-electron chi connectivity index (χ4n) is 1.68. The second kappa shape index (κ2) is 6.75. The van der Waals surface area contributed by atoms with E-state index in [1.165, 1.54) is 7.11 Å². The third-order valence-corrected chi connectivity index (χ3v) is 4.86. The summed E-state index contributed by atoms with van der Waals surface area (Å²) in [7, 11) is -2.29. The van der Waals surface area contributed by atoms with Gasteiger partial charge in [0.05, 0.1) is 19.4 Å². The lowest BCUT2D eigenvalue weighted by Gasteiger charge is -2.16. The van der Waals surface area contributed by atoms with Crippen molar-refractivity contribution in [2.75, 3.05) is 13.3 Å². The van der Waals surface area contributed by atoms with E-state index in [1.807, 2.05) is 30.3 Å². The number of rotatable bonds is 6. The lowest BCUT2D eigenvalue weighted by Crippen LogP contribution is -2.22. The van der Waals surface area contributed by atoms with Gasteiger partial charge in [-0.3, -0.25) is 10.2 Å². The van der Waals surface area contributed by atoms with Crippen LogP contribution in [-0.2, 0) is 16.0 Å². The Morgan fingerprint density at radius 3 is 2.47 bits per heavy atom. The number of benzene rings is 1. The van der Waals surface area contributed by atoms with Crippen LogP contribution in [0.2, 0.25) is 0 Å². The highest BCUT2D eigenvalue weighted by Crippen LogP contribution is 2.53. The molecule has 104 valence electrons. The molecule has 0 heterocycles. The van der Waals surface area contributed by atoms with E-state index >= 15 is 0 Å². The van der Waals surface area contributed by atoms with Crippen molar-refractivity contribution in [2.45, 2.75) is 13.3 Å². The highest BCUT2D eigenvalue weighted by Gasteiger charge is 2.43. The van der Waals surface area contributed by atoms with Crippen LogP contribution in [0.15, 0.2) is 30.3 Å². The molecule has 0 spiro atoms. The van der Waals surface area contributed by atoms with Gasteiger partial charge in [-0.25, -0.2) is 9.79 Å². The fraction of sp³-hybridized carbons (Fsp3) is 0.385. The summed E-state index contributed by atoms with van der Waals surface area (Å²) in [5.41, 5.74) is 0.708. The first-order valence-electron chi connectivity index (χ1n) is 5.90. The molecule has 0 amide bonds. The zero-order chi connectivity index (χ0) is 14.5. The van der Waals surface area contributed by atoms with Crippen molar-refractivity contribution in [1.29, 1.82) is 5.41 Å². The predicted octanol–water partition coefficient (Wildman–Crippen LogP) is 1.85. The molecule has 0 aliphatic heterocycles. The van der Waals surface area contributed by atoms with Gasteiger partial charge in [0.15, 0.2) is 0 Å². The highest BCUT2D eigenvalue weighted by atomic mass is 31.2. The molecule has 0 aliphatic carbocycles. The van der Waals surface area contributed by atoms with Gasteiger partial charge in [-0.2, -0.15) is 0 Å². The number of carbonyl (C=O) groups excluding carboxylic acids is 1. The zero-order valence-corrected chi connectivity index (χ0v) is 11.9. The number of ether oxygens (including phenoxy) is 1. The first kappa shape index (κ1) is 15.8. The molecule has 3 N–H and O–H groups in total. The van der Waals surface area contributed by atoms with Crippen molar-refractivity contribution in [1.82, 2.24) is 0 Å². The largest absolute Gasteiger partial charge is 0.469 e. The first-order chi connectivity index (χ1) is 8.86. The fourth-order valence-corrected chi connectivity index (χ4v) is 3.25. The Labute approximate surface area is 113 Å². The molecule has 1 aromatic rings. The maximum absolute atomic E-state index is 11.3. The maximum atomic E-state index is 11.3. The number of methoxy groups -OCH3 is 1. The van der Waals surface area contributed by atoms with Crippen molar-refractivity contribution in [3.63, 3.8) is 0 Å². The summed E-state index contributed by atoms with van der Waals surface area (Å²) < 4.78 is 4.54. The summed E-state index contributed by atoms with van der Waals surface area (Å²) in [6.45, 7) is 1.56. The minimum absolute atomic E-state index is 0.130. The Bertz CT molecular complexity index is 447. The number of hydrogen-bond acceptors (Lipinski definition) is 5. The minimum Gasteiger partial charge on any atom is -0.469 e. The summed E-state index contributed by atoms with van der Waals surface area (Å²) in [5, 5.41) is 7.82. The van der Waals surface area contributed by atoms with Gasteiger partial charge in [-0.1, -0.05) is 30.3 Å². The third kappa shape index (κ3) is 4.71. The van der Waals surface area contributed by atoms with Crippen LogP contribution in [0.1, 0.15) is 12.5 Å². The molecule has 0 aliphatic rings. The van der Waals surface area contributed by atoms with Gasteiger partial charge >= 0.3 is 13.7 Å². The topological polar surface area (TPSA) is 90.6 Å². The molecule has 0 saturated carbocycles. The maximum Gasteiger partial charge on any atom is 0.314 e. The van der Waals surface area contributed by atoms with E-state index in [0.717, 1.165) is 5.56 Å². The number of carbonyl (C=O) groups is 1. The van der Waals surface area contributed by atoms with Gasteiger partial charge in [0.25, 0.3) is 0 Å². The second-order valence-corrected chi connectivity index (χ2v) is 6.81. The van der Waals surface area contributed by atoms with E-state index in [9.17, 15) is 14.6 Å². The van der Waals surface area contributed by atoms with E-state index in [-0.39, 0.29) is 18.0 Å². The summed E-state index contributed by atoms with van der Waals surface area (Å²) in [6, 6.07) is 9.15. The number of nitrogens with one attached hydrogen (secondary N) is 1. The van der Waals surface area contributed by atoms with E-state index in [1.54, 1.807) is 6.92 Å². The number of hydrogen-bond donors (Lipinski definition) is 3. The smallest absolute Gasteiger partial charge is 0.314 e. The van der Waals surface area contributed by atoms with Gasteiger partial charge < -0.3 is 4.74 Å². The molecule has 1 unspecified atom stereocenters. The molecule has 0 saturated heterocycles. The van der Waals surface area contributed by atoms with Gasteiger partial charge in [0, 0.05) is 0 Å². The van der Waals surface area contributed by atoms with Crippen molar-refractivity contribution >= 4 is 19.1 Å². The monoisotopic (exact) mass is 284 g/mol. The summed E-state index contributed by atoms with van der Waals surface area (Å²) >= 11 is 0. The van der Waals surface area contributed by atoms with Gasteiger partial charge in [-0.05, 0) is 12.5 Å². The quantitative estimate of drug-likeness (QED) is 0.422. The van der Waals surface area contributed by atoms with Crippen LogP contribution in [0.3, 0.4) is 0 Å². The summed E-state index contributed by atoms with van der Waals surface area (Å²) in [5.74, 6) is -1.13. The lowest BCUT2D eigenvalue weighted by molar-refractivity contribution is -0.144.